The van der Waals surface area contributed by atoms with Crippen molar-refractivity contribution in [3.63, 3.8) is 0 Å². The van der Waals surface area contributed by atoms with Gasteiger partial charge < -0.3 is 5.32 Å². The highest BCUT2D eigenvalue weighted by molar-refractivity contribution is 9.11. The first-order valence-corrected chi connectivity index (χ1v) is 8.05. The normalized spacial score (nSPS) is 10.5. The van der Waals surface area contributed by atoms with E-state index in [-0.39, 0.29) is 5.69 Å². The van der Waals surface area contributed by atoms with Crippen LogP contribution in [0.1, 0.15) is 5.56 Å². The SMILES string of the molecule is O=[N+]([O-])c1cccc(CNc2ccc(Br)c(Cl)c2Cl)c1Br. The smallest absolute Gasteiger partial charge is 0.283 e. The molecule has 1 N–H and O–H groups in total. The molecule has 0 radical (unpaired) electrons. The van der Waals surface area contributed by atoms with Crippen LogP contribution in [0.5, 0.6) is 0 Å². The Balaban J connectivity index is 2.23. The second-order valence-electron chi connectivity index (χ2n) is 4.08. The van der Waals surface area contributed by atoms with E-state index < -0.39 is 4.92 Å². The van der Waals surface area contributed by atoms with Gasteiger partial charge in [0, 0.05) is 17.1 Å². The van der Waals surface area contributed by atoms with Gasteiger partial charge in [0.05, 0.1) is 20.7 Å². The lowest BCUT2D eigenvalue weighted by atomic mass is 10.2. The van der Waals surface area contributed by atoms with E-state index in [4.69, 9.17) is 23.2 Å². The Morgan fingerprint density at radius 1 is 1.14 bits per heavy atom. The summed E-state index contributed by atoms with van der Waals surface area (Å²) in [6, 6.07) is 8.42. The minimum Gasteiger partial charge on any atom is -0.380 e. The quantitative estimate of drug-likeness (QED) is 0.348. The van der Waals surface area contributed by atoms with Crippen molar-refractivity contribution in [2.45, 2.75) is 6.54 Å². The van der Waals surface area contributed by atoms with Crippen LogP contribution >= 0.6 is 55.1 Å². The molecule has 0 aliphatic carbocycles. The van der Waals surface area contributed by atoms with Crippen LogP contribution in [0.15, 0.2) is 39.3 Å². The molecule has 2 rings (SSSR count). The van der Waals surface area contributed by atoms with Gasteiger partial charge in [0.1, 0.15) is 4.47 Å². The number of nitro groups is 1. The molecule has 21 heavy (non-hydrogen) atoms. The molecule has 0 fully saturated rings. The lowest BCUT2D eigenvalue weighted by Gasteiger charge is -2.11. The predicted octanol–water partition coefficient (Wildman–Crippen LogP) is 6.04. The fourth-order valence-corrected chi connectivity index (χ4v) is 3.09. The van der Waals surface area contributed by atoms with Gasteiger partial charge in [0.15, 0.2) is 0 Å². The summed E-state index contributed by atoms with van der Waals surface area (Å²) >= 11 is 18.7. The lowest BCUT2D eigenvalue weighted by Crippen LogP contribution is -2.02. The van der Waals surface area contributed by atoms with Gasteiger partial charge in [0.2, 0.25) is 0 Å². The summed E-state index contributed by atoms with van der Waals surface area (Å²) in [6.45, 7) is 0.375. The van der Waals surface area contributed by atoms with Crippen LogP contribution in [-0.4, -0.2) is 4.92 Å². The van der Waals surface area contributed by atoms with E-state index >= 15 is 0 Å². The van der Waals surface area contributed by atoms with Crippen molar-refractivity contribution in [2.24, 2.45) is 0 Å². The van der Waals surface area contributed by atoms with Crippen molar-refractivity contribution in [3.8, 4) is 0 Å². The van der Waals surface area contributed by atoms with E-state index in [1.807, 2.05) is 0 Å². The maximum absolute atomic E-state index is 10.9. The highest BCUT2D eigenvalue weighted by Gasteiger charge is 2.15. The molecule has 0 saturated carbocycles. The number of rotatable bonds is 4. The molecule has 0 amide bonds. The summed E-state index contributed by atoms with van der Waals surface area (Å²) in [5.74, 6) is 0. The summed E-state index contributed by atoms with van der Waals surface area (Å²) < 4.78 is 1.15. The number of benzene rings is 2. The third-order valence-corrected chi connectivity index (χ3v) is 5.45. The van der Waals surface area contributed by atoms with Crippen LogP contribution in [0.2, 0.25) is 10.0 Å². The first kappa shape index (κ1) is 16.5. The van der Waals surface area contributed by atoms with Gasteiger partial charge in [-0.1, -0.05) is 35.3 Å². The zero-order chi connectivity index (χ0) is 15.6. The van der Waals surface area contributed by atoms with E-state index in [9.17, 15) is 10.1 Å². The fraction of sp³-hybridized carbons (Fsp3) is 0.0769. The Morgan fingerprint density at radius 2 is 1.86 bits per heavy atom. The molecule has 0 saturated heterocycles. The summed E-state index contributed by atoms with van der Waals surface area (Å²) in [5.41, 5.74) is 1.43. The molecule has 8 heteroatoms. The van der Waals surface area contributed by atoms with Crippen LogP contribution < -0.4 is 5.32 Å². The Hall–Kier alpha value is -0.820. The maximum atomic E-state index is 10.9. The molecular formula is C13H8Br2Cl2N2O2. The van der Waals surface area contributed by atoms with E-state index in [1.54, 1.807) is 24.3 Å². The van der Waals surface area contributed by atoms with E-state index in [0.717, 1.165) is 5.56 Å². The number of nitro benzene ring substituents is 1. The number of nitrogens with one attached hydrogen (secondary N) is 1. The first-order chi connectivity index (χ1) is 9.91. The van der Waals surface area contributed by atoms with Crippen LogP contribution in [0.4, 0.5) is 11.4 Å². The van der Waals surface area contributed by atoms with Gasteiger partial charge >= 0.3 is 0 Å². The Bertz CT molecular complexity index is 711. The van der Waals surface area contributed by atoms with E-state index in [0.29, 0.717) is 31.2 Å². The monoisotopic (exact) mass is 452 g/mol. The van der Waals surface area contributed by atoms with Gasteiger partial charge in [-0.05, 0) is 49.6 Å². The van der Waals surface area contributed by atoms with Crippen molar-refractivity contribution < 1.29 is 4.92 Å². The molecule has 2 aromatic rings. The Morgan fingerprint density at radius 3 is 2.52 bits per heavy atom. The van der Waals surface area contributed by atoms with Crippen molar-refractivity contribution in [1.29, 1.82) is 0 Å². The molecule has 0 heterocycles. The number of anilines is 1. The number of nitrogens with zero attached hydrogens (tertiary/aromatic N) is 1. The molecule has 0 atom stereocenters. The Labute approximate surface area is 147 Å². The minimum absolute atomic E-state index is 0.0224. The Kier molecular flexibility index (Phi) is 5.48. The molecule has 0 aromatic heterocycles. The van der Waals surface area contributed by atoms with Gasteiger partial charge in [0.25, 0.3) is 5.69 Å². The van der Waals surface area contributed by atoms with E-state index in [2.05, 4.69) is 37.2 Å². The van der Waals surface area contributed by atoms with Crippen molar-refractivity contribution in [2.75, 3.05) is 5.32 Å². The van der Waals surface area contributed by atoms with Crippen molar-refractivity contribution in [1.82, 2.24) is 0 Å². The van der Waals surface area contributed by atoms with Gasteiger partial charge in [-0.25, -0.2) is 0 Å². The van der Waals surface area contributed by atoms with Crippen LogP contribution in [0.3, 0.4) is 0 Å². The fourth-order valence-electron chi connectivity index (χ4n) is 1.70. The molecule has 2 aromatic carbocycles. The molecule has 4 nitrogen and oxygen atoms in total. The second-order valence-corrected chi connectivity index (χ2v) is 6.49. The van der Waals surface area contributed by atoms with Crippen LogP contribution in [0.25, 0.3) is 0 Å². The number of hydrogen-bond acceptors (Lipinski definition) is 3. The zero-order valence-corrected chi connectivity index (χ0v) is 15.1. The standard InChI is InChI=1S/C13H8Br2Cl2N2O2/c14-8-4-5-9(13(17)12(8)16)18-6-7-2-1-3-10(11(7)15)19(20)21/h1-5,18H,6H2. The molecule has 0 bridgehead atoms. The first-order valence-electron chi connectivity index (χ1n) is 5.71. The zero-order valence-electron chi connectivity index (χ0n) is 10.4. The largest absolute Gasteiger partial charge is 0.380 e. The number of halogens is 4. The maximum Gasteiger partial charge on any atom is 0.283 e. The van der Waals surface area contributed by atoms with Gasteiger partial charge in [-0.15, -0.1) is 0 Å². The average molecular weight is 455 g/mol. The summed E-state index contributed by atoms with van der Waals surface area (Å²) in [5, 5.41) is 14.8. The minimum atomic E-state index is -0.433. The summed E-state index contributed by atoms with van der Waals surface area (Å²) in [4.78, 5) is 10.5. The second kappa shape index (κ2) is 6.96. The molecule has 0 unspecified atom stereocenters. The molecule has 0 aliphatic heterocycles. The average Bonchev–Trinajstić information content (AvgIpc) is 2.45. The highest BCUT2D eigenvalue weighted by Crippen LogP contribution is 2.36. The number of hydrogen-bond donors (Lipinski definition) is 1. The molecule has 0 aliphatic rings. The van der Waals surface area contributed by atoms with Crippen molar-refractivity contribution >= 4 is 66.4 Å². The molecule has 0 spiro atoms. The highest BCUT2D eigenvalue weighted by atomic mass is 79.9. The lowest BCUT2D eigenvalue weighted by molar-refractivity contribution is -0.385. The van der Waals surface area contributed by atoms with Crippen LogP contribution in [-0.2, 0) is 6.54 Å². The van der Waals surface area contributed by atoms with Crippen LogP contribution in [0, 0.1) is 10.1 Å². The van der Waals surface area contributed by atoms with Gasteiger partial charge in [-0.3, -0.25) is 10.1 Å². The molecule has 110 valence electrons. The third-order valence-electron chi connectivity index (χ3n) is 2.76. The van der Waals surface area contributed by atoms with Gasteiger partial charge in [-0.2, -0.15) is 0 Å². The van der Waals surface area contributed by atoms with Crippen molar-refractivity contribution in [3.05, 3.63) is 65.0 Å². The topological polar surface area (TPSA) is 55.2 Å². The molecular weight excluding hydrogens is 447 g/mol. The van der Waals surface area contributed by atoms with E-state index in [1.165, 1.54) is 6.07 Å². The third kappa shape index (κ3) is 3.69. The summed E-state index contributed by atoms with van der Waals surface area (Å²) in [7, 11) is 0. The summed E-state index contributed by atoms with van der Waals surface area (Å²) in [6.07, 6.45) is 0. The predicted molar refractivity (Wildman–Crippen MR) is 92.3 cm³/mol.